The fraction of sp³-hybridized carbons (Fsp3) is 0.222. The molecule has 0 amide bonds. The summed E-state index contributed by atoms with van der Waals surface area (Å²) in [5, 5.41) is 2.00. The fourth-order valence-electron chi connectivity index (χ4n) is 0.941. The number of hydrogen-bond acceptors (Lipinski definition) is 2. The van der Waals surface area contributed by atoms with Crippen LogP contribution in [-0.4, -0.2) is 10.8 Å². The summed E-state index contributed by atoms with van der Waals surface area (Å²) in [5.41, 5.74) is 1.00. The summed E-state index contributed by atoms with van der Waals surface area (Å²) in [5.74, 6) is 1.21. The monoisotopic (exact) mass is 197 g/mol. The number of benzene rings is 1. The van der Waals surface area contributed by atoms with Gasteiger partial charge in [0, 0.05) is 17.2 Å². The standard InChI is InChI=1S/C9H8ClNS/c10-7-1-3-8(4-2-7)11-9-5-6-12-9/h1-4H,5-6H2. The van der Waals surface area contributed by atoms with Crippen LogP contribution >= 0.6 is 23.4 Å². The van der Waals surface area contributed by atoms with E-state index in [2.05, 4.69) is 4.99 Å². The van der Waals surface area contributed by atoms with Gasteiger partial charge in [-0.15, -0.1) is 11.8 Å². The molecule has 2 rings (SSSR count). The molecule has 1 aromatic carbocycles. The quantitative estimate of drug-likeness (QED) is 0.671. The van der Waals surface area contributed by atoms with Gasteiger partial charge in [-0.3, -0.25) is 0 Å². The maximum atomic E-state index is 5.74. The molecule has 0 saturated carbocycles. The maximum absolute atomic E-state index is 5.74. The predicted molar refractivity (Wildman–Crippen MR) is 55.6 cm³/mol. The van der Waals surface area contributed by atoms with Crippen molar-refractivity contribution >= 4 is 34.1 Å². The molecule has 0 N–H and O–H groups in total. The van der Waals surface area contributed by atoms with Crippen LogP contribution < -0.4 is 0 Å². The Morgan fingerprint density at radius 3 is 2.42 bits per heavy atom. The number of rotatable bonds is 1. The molecule has 0 bridgehead atoms. The molecule has 0 aliphatic carbocycles. The molecule has 1 aromatic rings. The highest BCUT2D eigenvalue weighted by Gasteiger charge is 2.10. The zero-order chi connectivity index (χ0) is 8.39. The lowest BCUT2D eigenvalue weighted by Gasteiger charge is -2.13. The first-order valence-electron chi connectivity index (χ1n) is 3.80. The normalized spacial score (nSPS) is 19.2. The third kappa shape index (κ3) is 1.82. The second-order valence-corrected chi connectivity index (χ2v) is 4.19. The highest BCUT2D eigenvalue weighted by Crippen LogP contribution is 2.26. The lowest BCUT2D eigenvalue weighted by atomic mass is 10.3. The molecule has 0 atom stereocenters. The van der Waals surface area contributed by atoms with Gasteiger partial charge < -0.3 is 0 Å². The Balaban J connectivity index is 2.18. The van der Waals surface area contributed by atoms with Crippen molar-refractivity contribution in [2.45, 2.75) is 6.42 Å². The lowest BCUT2D eigenvalue weighted by molar-refractivity contribution is 1.28. The fourth-order valence-corrected chi connectivity index (χ4v) is 1.62. The number of nitrogens with zero attached hydrogens (tertiary/aromatic N) is 1. The Bertz CT molecular complexity index is 299. The van der Waals surface area contributed by atoms with Crippen molar-refractivity contribution < 1.29 is 0 Å². The van der Waals surface area contributed by atoms with Crippen LogP contribution in [0, 0.1) is 0 Å². The van der Waals surface area contributed by atoms with Crippen molar-refractivity contribution in [3.05, 3.63) is 29.3 Å². The van der Waals surface area contributed by atoms with E-state index in [-0.39, 0.29) is 0 Å². The molecule has 0 unspecified atom stereocenters. The number of halogens is 1. The van der Waals surface area contributed by atoms with Gasteiger partial charge >= 0.3 is 0 Å². The van der Waals surface area contributed by atoms with Crippen molar-refractivity contribution in [2.75, 3.05) is 5.75 Å². The second kappa shape index (κ2) is 3.50. The van der Waals surface area contributed by atoms with Gasteiger partial charge in [-0.1, -0.05) is 11.6 Å². The number of hydrogen-bond donors (Lipinski definition) is 0. The Morgan fingerprint density at radius 2 is 1.92 bits per heavy atom. The topological polar surface area (TPSA) is 12.4 Å². The predicted octanol–water partition coefficient (Wildman–Crippen LogP) is 3.51. The van der Waals surface area contributed by atoms with E-state index in [1.807, 2.05) is 36.0 Å². The van der Waals surface area contributed by atoms with E-state index in [0.717, 1.165) is 17.1 Å². The first-order valence-corrected chi connectivity index (χ1v) is 5.17. The van der Waals surface area contributed by atoms with Crippen LogP contribution in [-0.2, 0) is 0 Å². The minimum Gasteiger partial charge on any atom is -0.247 e. The summed E-state index contributed by atoms with van der Waals surface area (Å²) < 4.78 is 0. The van der Waals surface area contributed by atoms with Gasteiger partial charge in [0.25, 0.3) is 0 Å². The molecule has 62 valence electrons. The molecule has 0 radical (unpaired) electrons. The highest BCUT2D eigenvalue weighted by atomic mass is 35.5. The number of aliphatic imine (C=N–C) groups is 1. The van der Waals surface area contributed by atoms with E-state index < -0.39 is 0 Å². The van der Waals surface area contributed by atoms with Crippen LogP contribution in [0.2, 0.25) is 5.02 Å². The van der Waals surface area contributed by atoms with Crippen molar-refractivity contribution in [3.8, 4) is 0 Å². The minimum atomic E-state index is 0.764. The molecule has 3 heteroatoms. The summed E-state index contributed by atoms with van der Waals surface area (Å²) >= 11 is 7.56. The molecule has 1 saturated heterocycles. The average molecular weight is 198 g/mol. The van der Waals surface area contributed by atoms with Crippen LogP contribution in [0.15, 0.2) is 29.3 Å². The van der Waals surface area contributed by atoms with Crippen molar-refractivity contribution in [3.63, 3.8) is 0 Å². The minimum absolute atomic E-state index is 0.764. The molecule has 1 aliphatic rings. The van der Waals surface area contributed by atoms with Gasteiger partial charge in [0.2, 0.25) is 0 Å². The lowest BCUT2D eigenvalue weighted by Crippen LogP contribution is -2.06. The van der Waals surface area contributed by atoms with Gasteiger partial charge in [-0.25, -0.2) is 4.99 Å². The van der Waals surface area contributed by atoms with Crippen molar-refractivity contribution in [1.29, 1.82) is 0 Å². The molecule has 0 spiro atoms. The summed E-state index contributed by atoms with van der Waals surface area (Å²) in [4.78, 5) is 4.43. The van der Waals surface area contributed by atoms with Crippen molar-refractivity contribution in [2.24, 2.45) is 4.99 Å². The van der Waals surface area contributed by atoms with E-state index in [1.165, 1.54) is 10.8 Å². The van der Waals surface area contributed by atoms with Crippen molar-refractivity contribution in [1.82, 2.24) is 0 Å². The summed E-state index contributed by atoms with van der Waals surface area (Å²) in [6.45, 7) is 0. The molecule has 1 heterocycles. The van der Waals surface area contributed by atoms with Crippen LogP contribution in [0.1, 0.15) is 6.42 Å². The Labute approximate surface area is 80.8 Å². The maximum Gasteiger partial charge on any atom is 0.0747 e. The Hall–Kier alpha value is -0.470. The SMILES string of the molecule is Clc1ccc(N=C2CCS2)cc1. The highest BCUT2D eigenvalue weighted by molar-refractivity contribution is 8.15. The molecular weight excluding hydrogens is 190 g/mol. The molecule has 12 heavy (non-hydrogen) atoms. The zero-order valence-corrected chi connectivity index (χ0v) is 8.03. The van der Waals surface area contributed by atoms with E-state index in [1.54, 1.807) is 0 Å². The van der Waals surface area contributed by atoms with Gasteiger partial charge in [-0.2, -0.15) is 0 Å². The summed E-state index contributed by atoms with van der Waals surface area (Å²) in [6, 6.07) is 7.61. The van der Waals surface area contributed by atoms with Crippen LogP contribution in [0.4, 0.5) is 5.69 Å². The van der Waals surface area contributed by atoms with Gasteiger partial charge in [0.1, 0.15) is 0 Å². The van der Waals surface area contributed by atoms with E-state index >= 15 is 0 Å². The van der Waals surface area contributed by atoms with Gasteiger partial charge in [-0.05, 0) is 24.3 Å². The molecule has 1 fully saturated rings. The van der Waals surface area contributed by atoms with Crippen LogP contribution in [0.5, 0.6) is 0 Å². The second-order valence-electron chi connectivity index (χ2n) is 2.58. The zero-order valence-electron chi connectivity index (χ0n) is 6.46. The van der Waals surface area contributed by atoms with E-state index in [4.69, 9.17) is 11.6 Å². The van der Waals surface area contributed by atoms with E-state index in [0.29, 0.717) is 0 Å². The smallest absolute Gasteiger partial charge is 0.0747 e. The first kappa shape index (κ1) is 8.14. The first-order chi connectivity index (χ1) is 5.84. The molecule has 0 aromatic heterocycles. The molecule has 1 nitrogen and oxygen atoms in total. The van der Waals surface area contributed by atoms with Crippen LogP contribution in [0.3, 0.4) is 0 Å². The van der Waals surface area contributed by atoms with E-state index in [9.17, 15) is 0 Å². The summed E-state index contributed by atoms with van der Waals surface area (Å²) in [7, 11) is 0. The Morgan fingerprint density at radius 1 is 1.25 bits per heavy atom. The van der Waals surface area contributed by atoms with Crippen LogP contribution in [0.25, 0.3) is 0 Å². The summed E-state index contributed by atoms with van der Waals surface area (Å²) in [6.07, 6.45) is 1.13. The van der Waals surface area contributed by atoms with Gasteiger partial charge in [0.15, 0.2) is 0 Å². The molecule has 1 aliphatic heterocycles. The molecular formula is C9H8ClNS. The van der Waals surface area contributed by atoms with Gasteiger partial charge in [0.05, 0.1) is 10.7 Å². The third-order valence-electron chi connectivity index (χ3n) is 1.67. The number of thioether (sulfide) groups is 1. The largest absolute Gasteiger partial charge is 0.247 e. The average Bonchev–Trinajstić information content (AvgIpc) is 2.00. The Kier molecular flexibility index (Phi) is 2.38. The third-order valence-corrected chi connectivity index (χ3v) is 2.95.